The number of aromatic nitrogens is 2. The molecular formula is C40H50ClN9O5S. The van der Waals surface area contributed by atoms with E-state index >= 15 is 0 Å². The van der Waals surface area contributed by atoms with Crippen LogP contribution < -0.4 is 32.3 Å². The van der Waals surface area contributed by atoms with Crippen LogP contribution in [0, 0.1) is 0 Å². The van der Waals surface area contributed by atoms with Gasteiger partial charge in [-0.15, -0.1) is 0 Å². The van der Waals surface area contributed by atoms with Gasteiger partial charge in [0, 0.05) is 79.9 Å². The Morgan fingerprint density at radius 3 is 2.59 bits per heavy atom. The molecule has 0 aliphatic carbocycles. The molecule has 14 nitrogen and oxygen atoms in total. The van der Waals surface area contributed by atoms with Crippen molar-refractivity contribution in [3.05, 3.63) is 82.6 Å². The molecule has 2 aromatic heterocycles. The van der Waals surface area contributed by atoms with Crippen molar-refractivity contribution in [1.29, 1.82) is 0 Å². The van der Waals surface area contributed by atoms with Crippen LogP contribution in [0.25, 0.3) is 10.9 Å². The van der Waals surface area contributed by atoms with Crippen LogP contribution in [0.15, 0.2) is 70.8 Å². The van der Waals surface area contributed by atoms with Crippen molar-refractivity contribution >= 4 is 63.6 Å². The SMILES string of the molecule is CN1C(=O)[C@H](CCCCN)NC(=O)[C@H](CCC(N)=O)NCc2cccnc2Sc2c(Cl)cc(N3CCOCC3)cc2CNC(=O)[C@@H]1Cc1c[nH]c2ccccc12. The number of nitrogens with two attached hydrogens (primary N) is 2. The standard InChI is InChI=1S/C40H50ClN9O5S/c1-49-34(20-26-23-45-31-9-3-2-8-29(26)31)38(53)47-24-27-19-28(50-15-17-55-18-16-50)21-30(41)36(27)56-39-25(7-6-14-44-39)22-46-32(11-12-35(43)51)37(52)48-33(40(49)54)10-4-5-13-42/h2-3,6-9,14,19,21,23,32-34,45-46H,4-5,10-13,15-18,20,22,24,42H2,1H3,(H2,43,51)(H,47,53)(H,48,52)/t32-,33-,34-/m0/s1. The second kappa shape index (κ2) is 19.5. The first-order chi connectivity index (χ1) is 27.1. The highest BCUT2D eigenvalue weighted by Crippen LogP contribution is 2.40. The molecule has 0 radical (unpaired) electrons. The van der Waals surface area contributed by atoms with Crippen molar-refractivity contribution in [2.75, 3.05) is 44.8 Å². The monoisotopic (exact) mass is 803 g/mol. The number of para-hydroxylation sites is 1. The number of aromatic amines is 1. The molecule has 1 saturated heterocycles. The van der Waals surface area contributed by atoms with Crippen molar-refractivity contribution in [1.82, 2.24) is 30.8 Å². The Labute approximate surface area is 335 Å². The lowest BCUT2D eigenvalue weighted by Crippen LogP contribution is -2.57. The van der Waals surface area contributed by atoms with Crippen molar-refractivity contribution in [3.8, 4) is 0 Å². The highest BCUT2D eigenvalue weighted by Gasteiger charge is 2.34. The van der Waals surface area contributed by atoms with Crippen molar-refractivity contribution < 1.29 is 23.9 Å². The number of unbranched alkanes of at least 4 members (excludes halogenated alkanes) is 1. The number of nitrogens with one attached hydrogen (secondary N) is 4. The highest BCUT2D eigenvalue weighted by atomic mass is 35.5. The van der Waals surface area contributed by atoms with Gasteiger partial charge in [0.05, 0.1) is 24.3 Å². The van der Waals surface area contributed by atoms with Crippen LogP contribution in [-0.2, 0) is 43.4 Å². The number of primary amides is 1. The van der Waals surface area contributed by atoms with Crippen LogP contribution >= 0.6 is 23.4 Å². The number of fused-ring (bicyclic) bond motifs is 3. The van der Waals surface area contributed by atoms with Gasteiger partial charge in [-0.3, -0.25) is 19.2 Å². The third-order valence-electron chi connectivity index (χ3n) is 10.3. The van der Waals surface area contributed by atoms with E-state index in [0.29, 0.717) is 67.1 Å². The minimum Gasteiger partial charge on any atom is -0.378 e. The number of amides is 4. The molecule has 4 heterocycles. The van der Waals surface area contributed by atoms with E-state index < -0.39 is 35.8 Å². The van der Waals surface area contributed by atoms with Crippen LogP contribution in [0.2, 0.25) is 5.02 Å². The fraction of sp³-hybridized carbons (Fsp3) is 0.425. The number of hydrogen-bond donors (Lipinski definition) is 6. The van der Waals surface area contributed by atoms with Crippen molar-refractivity contribution in [3.63, 3.8) is 0 Å². The summed E-state index contributed by atoms with van der Waals surface area (Å²) in [5, 5.41) is 11.5. The summed E-state index contributed by atoms with van der Waals surface area (Å²) in [7, 11) is 1.60. The zero-order valence-electron chi connectivity index (χ0n) is 31.5. The number of halogens is 1. The van der Waals surface area contributed by atoms with Crippen LogP contribution in [0.4, 0.5) is 5.69 Å². The Balaban J connectivity index is 1.43. The fourth-order valence-electron chi connectivity index (χ4n) is 7.11. The maximum atomic E-state index is 14.5. The molecule has 298 valence electrons. The molecule has 0 bridgehead atoms. The van der Waals surface area contributed by atoms with E-state index in [1.54, 1.807) is 13.2 Å². The zero-order chi connectivity index (χ0) is 39.6. The Bertz CT molecular complexity index is 2020. The summed E-state index contributed by atoms with van der Waals surface area (Å²) in [6.07, 6.45) is 5.32. The van der Waals surface area contributed by atoms with Gasteiger partial charge in [-0.25, -0.2) is 4.98 Å². The first-order valence-corrected chi connectivity index (χ1v) is 20.2. The number of pyridine rings is 1. The van der Waals surface area contributed by atoms with Crippen LogP contribution in [0.1, 0.15) is 48.8 Å². The van der Waals surface area contributed by atoms with E-state index in [4.69, 9.17) is 27.8 Å². The molecule has 0 spiro atoms. The smallest absolute Gasteiger partial charge is 0.245 e. The minimum atomic E-state index is -0.967. The van der Waals surface area contributed by atoms with E-state index in [2.05, 4.69) is 30.8 Å². The maximum Gasteiger partial charge on any atom is 0.245 e. The lowest BCUT2D eigenvalue weighted by Gasteiger charge is -2.32. The molecule has 6 rings (SSSR count). The van der Waals surface area contributed by atoms with Gasteiger partial charge in [-0.1, -0.05) is 47.6 Å². The molecule has 16 heteroatoms. The quantitative estimate of drug-likeness (QED) is 0.129. The molecule has 0 unspecified atom stereocenters. The van der Waals surface area contributed by atoms with Crippen LogP contribution in [0.3, 0.4) is 0 Å². The van der Waals surface area contributed by atoms with Gasteiger partial charge in [0.1, 0.15) is 17.1 Å². The second-order valence-corrected chi connectivity index (χ2v) is 15.5. The lowest BCUT2D eigenvalue weighted by molar-refractivity contribution is -0.142. The normalized spacial score (nSPS) is 20.2. The molecule has 3 atom stereocenters. The number of hydrogen-bond acceptors (Lipinski definition) is 10. The number of ether oxygens (including phenoxy) is 1. The van der Waals surface area contributed by atoms with Crippen LogP contribution in [-0.4, -0.2) is 96.5 Å². The zero-order valence-corrected chi connectivity index (χ0v) is 33.1. The topological polar surface area (TPSA) is 201 Å². The summed E-state index contributed by atoms with van der Waals surface area (Å²) in [5.41, 5.74) is 15.6. The molecule has 4 amide bonds. The Morgan fingerprint density at radius 1 is 1.00 bits per heavy atom. The number of likely N-dealkylation sites (N-methyl/N-ethyl adjacent to an activating group) is 1. The molecule has 8 N–H and O–H groups in total. The first kappa shape index (κ1) is 41.0. The van der Waals surface area contributed by atoms with Gasteiger partial charge in [-0.2, -0.15) is 0 Å². The minimum absolute atomic E-state index is 0.0489. The summed E-state index contributed by atoms with van der Waals surface area (Å²) >= 11 is 8.47. The molecule has 2 aromatic carbocycles. The van der Waals surface area contributed by atoms with E-state index in [1.165, 1.54) is 16.7 Å². The largest absolute Gasteiger partial charge is 0.378 e. The van der Waals surface area contributed by atoms with E-state index in [9.17, 15) is 19.2 Å². The van der Waals surface area contributed by atoms with E-state index in [1.807, 2.05) is 54.7 Å². The maximum absolute atomic E-state index is 14.5. The van der Waals surface area contributed by atoms with Crippen molar-refractivity contribution in [2.24, 2.45) is 11.5 Å². The number of carbonyl (C=O) groups is 4. The summed E-state index contributed by atoms with van der Waals surface area (Å²) in [6, 6.07) is 12.7. The first-order valence-electron chi connectivity index (χ1n) is 19.0. The number of carbonyl (C=O) groups excluding carboxylic acids is 4. The molecule has 1 fully saturated rings. The number of H-pyrrole nitrogens is 1. The molecular weight excluding hydrogens is 754 g/mol. The molecule has 2 aliphatic heterocycles. The molecule has 56 heavy (non-hydrogen) atoms. The Morgan fingerprint density at radius 2 is 1.80 bits per heavy atom. The highest BCUT2D eigenvalue weighted by molar-refractivity contribution is 7.99. The van der Waals surface area contributed by atoms with Crippen LogP contribution in [0.5, 0.6) is 0 Å². The third-order valence-corrected chi connectivity index (χ3v) is 11.9. The number of rotatable bonds is 10. The summed E-state index contributed by atoms with van der Waals surface area (Å²) < 4.78 is 5.60. The summed E-state index contributed by atoms with van der Waals surface area (Å²) in [4.78, 5) is 67.3. The third kappa shape index (κ3) is 10.2. The molecule has 0 saturated carbocycles. The summed E-state index contributed by atoms with van der Waals surface area (Å²) in [6.45, 7) is 3.33. The van der Waals surface area contributed by atoms with Gasteiger partial charge in [0.25, 0.3) is 0 Å². The van der Waals surface area contributed by atoms with E-state index in [0.717, 1.165) is 33.3 Å². The van der Waals surface area contributed by atoms with Gasteiger partial charge in [-0.05, 0) is 73.2 Å². The lowest BCUT2D eigenvalue weighted by atomic mass is 10.0. The second-order valence-electron chi connectivity index (χ2n) is 14.1. The predicted octanol–water partition coefficient (Wildman–Crippen LogP) is 3.24. The Hall–Kier alpha value is -4.67. The summed E-state index contributed by atoms with van der Waals surface area (Å²) in [5.74, 6) is -1.80. The number of benzene rings is 2. The van der Waals surface area contributed by atoms with E-state index in [-0.39, 0.29) is 38.3 Å². The van der Waals surface area contributed by atoms with Gasteiger partial charge in [0.2, 0.25) is 23.6 Å². The molecule has 4 aromatic rings. The number of nitrogens with zero attached hydrogens (tertiary/aromatic N) is 3. The number of morpholine rings is 1. The predicted molar refractivity (Wildman–Crippen MR) is 217 cm³/mol. The Kier molecular flexibility index (Phi) is 14.2. The fourth-order valence-corrected chi connectivity index (χ4v) is 8.46. The van der Waals surface area contributed by atoms with Gasteiger partial charge in [0.15, 0.2) is 0 Å². The number of anilines is 1. The van der Waals surface area contributed by atoms with Gasteiger partial charge >= 0.3 is 0 Å². The van der Waals surface area contributed by atoms with Crippen molar-refractivity contribution in [2.45, 2.75) is 79.7 Å². The van der Waals surface area contributed by atoms with Gasteiger partial charge < -0.3 is 46.9 Å². The average Bonchev–Trinajstić information content (AvgIpc) is 3.62. The molecule has 2 aliphatic rings. The average molecular weight is 804 g/mol.